The first-order chi connectivity index (χ1) is 12.1. The van der Waals surface area contributed by atoms with Gasteiger partial charge >= 0.3 is 0 Å². The van der Waals surface area contributed by atoms with Crippen LogP contribution in [0, 0.1) is 12.7 Å². The van der Waals surface area contributed by atoms with Gasteiger partial charge in [0.05, 0.1) is 16.6 Å². The Bertz CT molecular complexity index is 1030. The standard InChI is InChI=1S/C17H13FN4O3/c1-9-14-7-11(8-19-17(14)25-22-9)16-21-20-15(24-16)10(2)23-13-5-3-12(18)4-6-13/h3-8,10H,1-2H3/t10-/m0/s1. The molecule has 0 saturated heterocycles. The van der Waals surface area contributed by atoms with Crippen molar-refractivity contribution in [2.75, 3.05) is 0 Å². The van der Waals surface area contributed by atoms with Gasteiger partial charge in [-0.15, -0.1) is 10.2 Å². The van der Waals surface area contributed by atoms with Crippen molar-refractivity contribution in [2.24, 2.45) is 0 Å². The Morgan fingerprint density at radius 3 is 2.76 bits per heavy atom. The number of rotatable bonds is 4. The van der Waals surface area contributed by atoms with E-state index in [2.05, 4.69) is 20.3 Å². The van der Waals surface area contributed by atoms with Gasteiger partial charge in [-0.1, -0.05) is 5.16 Å². The van der Waals surface area contributed by atoms with Crippen molar-refractivity contribution in [2.45, 2.75) is 20.0 Å². The van der Waals surface area contributed by atoms with Gasteiger partial charge in [0.15, 0.2) is 6.10 Å². The predicted molar refractivity (Wildman–Crippen MR) is 85.3 cm³/mol. The molecule has 0 spiro atoms. The molecule has 0 unspecified atom stereocenters. The van der Waals surface area contributed by atoms with E-state index in [1.807, 2.05) is 13.0 Å². The van der Waals surface area contributed by atoms with Crippen molar-refractivity contribution < 1.29 is 18.1 Å². The van der Waals surface area contributed by atoms with Crippen molar-refractivity contribution in [1.82, 2.24) is 20.3 Å². The molecule has 0 fully saturated rings. The van der Waals surface area contributed by atoms with Crippen LogP contribution in [0.25, 0.3) is 22.6 Å². The Balaban J connectivity index is 1.57. The van der Waals surface area contributed by atoms with Gasteiger partial charge in [0.1, 0.15) is 11.6 Å². The first kappa shape index (κ1) is 15.3. The monoisotopic (exact) mass is 340 g/mol. The minimum absolute atomic E-state index is 0.307. The third-order valence-corrected chi connectivity index (χ3v) is 3.67. The van der Waals surface area contributed by atoms with Crippen LogP contribution in [0.2, 0.25) is 0 Å². The molecule has 1 atom stereocenters. The fourth-order valence-electron chi connectivity index (χ4n) is 2.35. The van der Waals surface area contributed by atoms with Crippen LogP contribution in [0.15, 0.2) is 45.5 Å². The summed E-state index contributed by atoms with van der Waals surface area (Å²) in [6.45, 7) is 3.60. The summed E-state index contributed by atoms with van der Waals surface area (Å²) in [4.78, 5) is 4.18. The second kappa shape index (κ2) is 5.97. The molecule has 0 amide bonds. The molecule has 4 rings (SSSR count). The maximum absolute atomic E-state index is 12.9. The van der Waals surface area contributed by atoms with Gasteiger partial charge in [0.2, 0.25) is 5.89 Å². The van der Waals surface area contributed by atoms with Gasteiger partial charge in [-0.2, -0.15) is 0 Å². The first-order valence-electron chi connectivity index (χ1n) is 7.58. The summed E-state index contributed by atoms with van der Waals surface area (Å²) in [7, 11) is 0. The van der Waals surface area contributed by atoms with Gasteiger partial charge in [0.25, 0.3) is 11.6 Å². The smallest absolute Gasteiger partial charge is 0.257 e. The summed E-state index contributed by atoms with van der Waals surface area (Å²) in [6.07, 6.45) is 1.09. The summed E-state index contributed by atoms with van der Waals surface area (Å²) < 4.78 is 29.4. The number of hydrogen-bond donors (Lipinski definition) is 0. The van der Waals surface area contributed by atoms with E-state index in [1.165, 1.54) is 24.3 Å². The van der Waals surface area contributed by atoms with Crippen LogP contribution in [0.5, 0.6) is 5.75 Å². The average molecular weight is 340 g/mol. The van der Waals surface area contributed by atoms with Gasteiger partial charge in [0, 0.05) is 6.20 Å². The summed E-state index contributed by atoms with van der Waals surface area (Å²) in [5, 5.41) is 12.7. The molecule has 0 N–H and O–H groups in total. The molecule has 3 aromatic heterocycles. The largest absolute Gasteiger partial charge is 0.481 e. The normalized spacial score (nSPS) is 12.4. The Hall–Kier alpha value is -3.29. The topological polar surface area (TPSA) is 87.1 Å². The lowest BCUT2D eigenvalue weighted by Gasteiger charge is -2.10. The molecule has 0 saturated carbocycles. The summed E-state index contributed by atoms with van der Waals surface area (Å²) in [5.41, 5.74) is 1.85. The SMILES string of the molecule is Cc1noc2ncc(-c3nnc([C@H](C)Oc4ccc(F)cc4)o3)cc12. The lowest BCUT2D eigenvalue weighted by molar-refractivity contribution is 0.189. The third kappa shape index (κ3) is 2.93. The van der Waals surface area contributed by atoms with Crippen LogP contribution in [0.1, 0.15) is 24.6 Å². The molecule has 8 heteroatoms. The molecule has 126 valence electrons. The predicted octanol–water partition coefficient (Wildman–Crippen LogP) is 3.86. The van der Waals surface area contributed by atoms with E-state index in [4.69, 9.17) is 13.7 Å². The Morgan fingerprint density at radius 1 is 1.16 bits per heavy atom. The molecular formula is C17H13FN4O3. The fourth-order valence-corrected chi connectivity index (χ4v) is 2.35. The minimum atomic E-state index is -0.485. The number of fused-ring (bicyclic) bond motifs is 1. The number of aryl methyl sites for hydroxylation is 1. The number of halogens is 1. The van der Waals surface area contributed by atoms with Crippen molar-refractivity contribution in [1.29, 1.82) is 0 Å². The summed E-state index contributed by atoms with van der Waals surface area (Å²) >= 11 is 0. The second-order valence-electron chi connectivity index (χ2n) is 5.50. The van der Waals surface area contributed by atoms with E-state index in [0.717, 1.165) is 11.1 Å². The van der Waals surface area contributed by atoms with Crippen LogP contribution in [-0.4, -0.2) is 20.3 Å². The van der Waals surface area contributed by atoms with Crippen LogP contribution in [0.3, 0.4) is 0 Å². The van der Waals surface area contributed by atoms with E-state index < -0.39 is 6.10 Å². The van der Waals surface area contributed by atoms with Gasteiger partial charge < -0.3 is 13.7 Å². The highest BCUT2D eigenvalue weighted by Crippen LogP contribution is 2.26. The summed E-state index contributed by atoms with van der Waals surface area (Å²) in [6, 6.07) is 7.55. The number of pyridine rings is 1. The maximum Gasteiger partial charge on any atom is 0.257 e. The first-order valence-corrected chi connectivity index (χ1v) is 7.58. The molecule has 0 bridgehead atoms. The lowest BCUT2D eigenvalue weighted by Crippen LogP contribution is -2.03. The molecule has 0 aliphatic heterocycles. The minimum Gasteiger partial charge on any atom is -0.481 e. The molecular weight excluding hydrogens is 327 g/mol. The van der Waals surface area contributed by atoms with Crippen LogP contribution < -0.4 is 4.74 Å². The number of benzene rings is 1. The maximum atomic E-state index is 12.9. The van der Waals surface area contributed by atoms with E-state index in [-0.39, 0.29) is 5.82 Å². The number of ether oxygens (including phenoxy) is 1. The number of hydrogen-bond acceptors (Lipinski definition) is 7. The zero-order valence-electron chi connectivity index (χ0n) is 13.4. The Morgan fingerprint density at radius 2 is 1.96 bits per heavy atom. The molecule has 25 heavy (non-hydrogen) atoms. The Labute approximate surface area is 141 Å². The molecule has 0 aliphatic rings. The van der Waals surface area contributed by atoms with Gasteiger partial charge in [-0.25, -0.2) is 9.37 Å². The highest BCUT2D eigenvalue weighted by Gasteiger charge is 2.18. The fraction of sp³-hybridized carbons (Fsp3) is 0.176. The van der Waals surface area contributed by atoms with Crippen molar-refractivity contribution in [3.63, 3.8) is 0 Å². The lowest BCUT2D eigenvalue weighted by atomic mass is 10.2. The highest BCUT2D eigenvalue weighted by molar-refractivity contribution is 5.79. The molecule has 0 radical (unpaired) electrons. The van der Waals surface area contributed by atoms with E-state index in [0.29, 0.717) is 28.8 Å². The average Bonchev–Trinajstić information content (AvgIpc) is 3.24. The molecule has 3 heterocycles. The number of nitrogens with zero attached hydrogens (tertiary/aromatic N) is 4. The number of aromatic nitrogens is 4. The van der Waals surface area contributed by atoms with Crippen molar-refractivity contribution >= 4 is 11.1 Å². The van der Waals surface area contributed by atoms with E-state index in [9.17, 15) is 4.39 Å². The third-order valence-electron chi connectivity index (χ3n) is 3.67. The van der Waals surface area contributed by atoms with Crippen LogP contribution >= 0.6 is 0 Å². The van der Waals surface area contributed by atoms with E-state index in [1.54, 1.807) is 13.1 Å². The quantitative estimate of drug-likeness (QED) is 0.557. The van der Waals surface area contributed by atoms with Crippen LogP contribution in [0.4, 0.5) is 4.39 Å². The molecule has 7 nitrogen and oxygen atoms in total. The zero-order valence-corrected chi connectivity index (χ0v) is 13.4. The summed E-state index contributed by atoms with van der Waals surface area (Å²) in [5.74, 6) is 0.810. The van der Waals surface area contributed by atoms with Crippen molar-refractivity contribution in [3.8, 4) is 17.2 Å². The van der Waals surface area contributed by atoms with E-state index >= 15 is 0 Å². The van der Waals surface area contributed by atoms with Gasteiger partial charge in [-0.3, -0.25) is 0 Å². The highest BCUT2D eigenvalue weighted by atomic mass is 19.1. The molecule has 4 aromatic rings. The molecule has 0 aliphatic carbocycles. The van der Waals surface area contributed by atoms with Crippen molar-refractivity contribution in [3.05, 3.63) is 53.9 Å². The second-order valence-corrected chi connectivity index (χ2v) is 5.50. The van der Waals surface area contributed by atoms with Crippen LogP contribution in [-0.2, 0) is 0 Å². The zero-order chi connectivity index (χ0) is 17.4. The molecule has 1 aromatic carbocycles. The van der Waals surface area contributed by atoms with Gasteiger partial charge in [-0.05, 0) is 44.2 Å². The Kier molecular flexibility index (Phi) is 3.64.